The molecule has 0 spiro atoms. The van der Waals surface area contributed by atoms with Crippen LogP contribution in [0.5, 0.6) is 0 Å². The van der Waals surface area contributed by atoms with Crippen LogP contribution < -0.4 is 0 Å². The lowest BCUT2D eigenvalue weighted by Crippen LogP contribution is -2.57. The van der Waals surface area contributed by atoms with Crippen LogP contribution in [0.4, 0.5) is 0 Å². The predicted molar refractivity (Wildman–Crippen MR) is 74.5 cm³/mol. The highest BCUT2D eigenvalue weighted by molar-refractivity contribution is 8.00. The SMILES string of the molecule is CO[C@@H]1[C@@H](OC(C)=O)[C@H](OC(C)=O)S[C@@H](C)[C@H]1OC(C)=O. The number of rotatable bonds is 4. The van der Waals surface area contributed by atoms with Crippen LogP contribution in [0.15, 0.2) is 0 Å². The second-order valence-electron chi connectivity index (χ2n) is 4.67. The van der Waals surface area contributed by atoms with Crippen LogP contribution in [0.1, 0.15) is 27.7 Å². The van der Waals surface area contributed by atoms with Crippen molar-refractivity contribution in [1.82, 2.24) is 0 Å². The van der Waals surface area contributed by atoms with Crippen molar-refractivity contribution in [2.45, 2.75) is 56.7 Å². The molecule has 8 heteroatoms. The fourth-order valence-corrected chi connectivity index (χ4v) is 3.52. The minimum absolute atomic E-state index is 0.185. The number of methoxy groups -OCH3 is 1. The van der Waals surface area contributed by atoms with Crippen LogP contribution in [0, 0.1) is 0 Å². The molecule has 0 aromatic carbocycles. The Morgan fingerprint density at radius 2 is 1.29 bits per heavy atom. The van der Waals surface area contributed by atoms with Crippen LogP contribution in [0.2, 0.25) is 0 Å². The highest BCUT2D eigenvalue weighted by Crippen LogP contribution is 2.37. The first-order valence-corrected chi connectivity index (χ1v) is 7.40. The standard InChI is InChI=1S/C13H20O7S/c1-6-10(18-7(2)14)11(17-5)12(19-8(3)15)13(21-6)20-9(4)16/h6,10-13H,1-5H3/t6-,10+,11-,12+,13+/m0/s1. The van der Waals surface area contributed by atoms with E-state index < -0.39 is 41.7 Å². The van der Waals surface area contributed by atoms with Gasteiger partial charge in [-0.05, 0) is 6.92 Å². The zero-order valence-corrected chi connectivity index (χ0v) is 13.5. The molecule has 120 valence electrons. The summed E-state index contributed by atoms with van der Waals surface area (Å²) in [6, 6.07) is 0. The second-order valence-corrected chi connectivity index (χ2v) is 6.15. The molecule has 0 bridgehead atoms. The van der Waals surface area contributed by atoms with E-state index in [0.717, 1.165) is 0 Å². The molecule has 1 saturated heterocycles. The quantitative estimate of drug-likeness (QED) is 0.557. The van der Waals surface area contributed by atoms with Gasteiger partial charge in [0.15, 0.2) is 11.5 Å². The summed E-state index contributed by atoms with van der Waals surface area (Å²) in [4.78, 5) is 33.7. The summed E-state index contributed by atoms with van der Waals surface area (Å²) in [5.41, 5.74) is -0.710. The molecule has 0 amide bonds. The average molecular weight is 320 g/mol. The van der Waals surface area contributed by atoms with Crippen molar-refractivity contribution in [2.75, 3.05) is 7.11 Å². The molecule has 7 nitrogen and oxygen atoms in total. The number of hydrogen-bond acceptors (Lipinski definition) is 8. The zero-order chi connectivity index (χ0) is 16.2. The molecule has 0 saturated carbocycles. The van der Waals surface area contributed by atoms with Crippen molar-refractivity contribution in [1.29, 1.82) is 0 Å². The molecule has 0 aromatic rings. The maximum atomic E-state index is 11.3. The molecule has 1 rings (SSSR count). The zero-order valence-electron chi connectivity index (χ0n) is 12.7. The van der Waals surface area contributed by atoms with Crippen molar-refractivity contribution in [3.05, 3.63) is 0 Å². The van der Waals surface area contributed by atoms with Gasteiger partial charge in [0.05, 0.1) is 0 Å². The van der Waals surface area contributed by atoms with Crippen LogP contribution in [-0.2, 0) is 33.3 Å². The molecule has 0 radical (unpaired) electrons. The number of hydrogen-bond donors (Lipinski definition) is 0. The minimum atomic E-state index is -0.845. The molecule has 1 fully saturated rings. The maximum absolute atomic E-state index is 11.3. The average Bonchev–Trinajstić information content (AvgIpc) is 2.33. The van der Waals surface area contributed by atoms with E-state index in [2.05, 4.69) is 0 Å². The van der Waals surface area contributed by atoms with Crippen molar-refractivity contribution < 1.29 is 33.3 Å². The molecule has 0 unspecified atom stereocenters. The molecule has 5 atom stereocenters. The summed E-state index contributed by atoms with van der Waals surface area (Å²) >= 11 is 1.26. The minimum Gasteiger partial charge on any atom is -0.458 e. The molecule has 0 aromatic heterocycles. The lowest BCUT2D eigenvalue weighted by atomic mass is 10.0. The van der Waals surface area contributed by atoms with Crippen LogP contribution in [0.3, 0.4) is 0 Å². The first kappa shape index (κ1) is 17.8. The van der Waals surface area contributed by atoms with Crippen molar-refractivity contribution in [2.24, 2.45) is 0 Å². The maximum Gasteiger partial charge on any atom is 0.303 e. The fourth-order valence-electron chi connectivity index (χ4n) is 2.17. The van der Waals surface area contributed by atoms with Crippen molar-refractivity contribution in [3.63, 3.8) is 0 Å². The third-order valence-electron chi connectivity index (χ3n) is 2.89. The summed E-state index contributed by atoms with van der Waals surface area (Å²) < 4.78 is 21.0. The molecular weight excluding hydrogens is 300 g/mol. The number of thioether (sulfide) groups is 1. The Morgan fingerprint density at radius 3 is 1.71 bits per heavy atom. The number of ether oxygens (including phenoxy) is 4. The molecule has 1 aliphatic rings. The van der Waals surface area contributed by atoms with E-state index in [0.29, 0.717) is 0 Å². The van der Waals surface area contributed by atoms with Crippen molar-refractivity contribution >= 4 is 29.7 Å². The van der Waals surface area contributed by atoms with E-state index >= 15 is 0 Å². The summed E-state index contributed by atoms with van der Waals surface area (Å²) in [6.45, 7) is 5.64. The van der Waals surface area contributed by atoms with Gasteiger partial charge < -0.3 is 18.9 Å². The monoisotopic (exact) mass is 320 g/mol. The fraction of sp³-hybridized carbons (Fsp3) is 0.769. The van der Waals surface area contributed by atoms with Gasteiger partial charge in [0, 0.05) is 33.1 Å². The van der Waals surface area contributed by atoms with Gasteiger partial charge in [-0.15, -0.1) is 11.8 Å². The third kappa shape index (κ3) is 4.89. The summed E-state index contributed by atoms with van der Waals surface area (Å²) in [6.07, 6.45) is -2.16. The Labute approximate surface area is 127 Å². The van der Waals surface area contributed by atoms with E-state index in [-0.39, 0.29) is 5.25 Å². The van der Waals surface area contributed by atoms with Gasteiger partial charge in [0.1, 0.15) is 12.2 Å². The largest absolute Gasteiger partial charge is 0.458 e. The molecule has 1 aliphatic heterocycles. The first-order valence-electron chi connectivity index (χ1n) is 6.46. The van der Waals surface area contributed by atoms with E-state index in [1.54, 1.807) is 0 Å². The third-order valence-corrected chi connectivity index (χ3v) is 4.22. The molecule has 0 N–H and O–H groups in total. The Morgan fingerprint density at radius 1 is 0.810 bits per heavy atom. The van der Waals surface area contributed by atoms with Crippen LogP contribution in [-0.4, -0.2) is 54.0 Å². The van der Waals surface area contributed by atoms with Gasteiger partial charge >= 0.3 is 17.9 Å². The normalized spacial score (nSPS) is 32.1. The van der Waals surface area contributed by atoms with Gasteiger partial charge in [-0.3, -0.25) is 14.4 Å². The van der Waals surface area contributed by atoms with Crippen molar-refractivity contribution in [3.8, 4) is 0 Å². The first-order chi connectivity index (χ1) is 9.76. The number of esters is 3. The lowest BCUT2D eigenvalue weighted by Gasteiger charge is -2.42. The lowest BCUT2D eigenvalue weighted by molar-refractivity contribution is -0.185. The van der Waals surface area contributed by atoms with E-state index in [1.165, 1.54) is 39.6 Å². The molecule has 0 aliphatic carbocycles. The number of carbonyl (C=O) groups is 3. The van der Waals surface area contributed by atoms with Gasteiger partial charge in [0.25, 0.3) is 0 Å². The Hall–Kier alpha value is -1.28. The van der Waals surface area contributed by atoms with Gasteiger partial charge in [0.2, 0.25) is 0 Å². The Bertz CT molecular complexity index is 411. The van der Waals surface area contributed by atoms with E-state index in [9.17, 15) is 14.4 Å². The molecule has 21 heavy (non-hydrogen) atoms. The summed E-state index contributed by atoms with van der Waals surface area (Å²) in [7, 11) is 1.42. The summed E-state index contributed by atoms with van der Waals surface area (Å²) in [5, 5.41) is -0.185. The van der Waals surface area contributed by atoms with Crippen LogP contribution >= 0.6 is 11.8 Å². The van der Waals surface area contributed by atoms with Crippen LogP contribution in [0.25, 0.3) is 0 Å². The van der Waals surface area contributed by atoms with Gasteiger partial charge in [-0.2, -0.15) is 0 Å². The van der Waals surface area contributed by atoms with Gasteiger partial charge in [-0.1, -0.05) is 0 Å². The summed E-state index contributed by atoms with van der Waals surface area (Å²) in [5.74, 6) is -1.48. The smallest absolute Gasteiger partial charge is 0.303 e. The highest BCUT2D eigenvalue weighted by atomic mass is 32.2. The highest BCUT2D eigenvalue weighted by Gasteiger charge is 2.49. The topological polar surface area (TPSA) is 88.1 Å². The molecular formula is C13H20O7S. The predicted octanol–water partition coefficient (Wildman–Crippen LogP) is 0.889. The molecule has 1 heterocycles. The number of carbonyl (C=O) groups excluding carboxylic acids is 3. The van der Waals surface area contributed by atoms with E-state index in [1.807, 2.05) is 6.92 Å². The Kier molecular flexibility index (Phi) is 6.47. The second kappa shape index (κ2) is 7.65. The van der Waals surface area contributed by atoms with Gasteiger partial charge in [-0.25, -0.2) is 0 Å². The Balaban J connectivity index is 3.02. The van der Waals surface area contributed by atoms with E-state index in [4.69, 9.17) is 18.9 Å².